The van der Waals surface area contributed by atoms with E-state index in [-0.39, 0.29) is 5.91 Å². The highest BCUT2D eigenvalue weighted by atomic mass is 16.1. The SMILES string of the molecule is Cc1nc2ncnn2c(C)c1CCC(=O)NC1CCCC(C)C1. The lowest BCUT2D eigenvalue weighted by molar-refractivity contribution is -0.122. The molecule has 2 unspecified atom stereocenters. The molecule has 0 bridgehead atoms. The van der Waals surface area contributed by atoms with Crippen molar-refractivity contribution in [3.8, 4) is 0 Å². The van der Waals surface area contributed by atoms with Gasteiger partial charge in [0, 0.05) is 23.9 Å². The number of nitrogens with one attached hydrogen (secondary N) is 1. The maximum absolute atomic E-state index is 12.3. The molecule has 23 heavy (non-hydrogen) atoms. The van der Waals surface area contributed by atoms with Gasteiger partial charge in [0.1, 0.15) is 6.33 Å². The van der Waals surface area contributed by atoms with Crippen LogP contribution in [0, 0.1) is 19.8 Å². The Morgan fingerprint density at radius 2 is 2.22 bits per heavy atom. The quantitative estimate of drug-likeness (QED) is 0.940. The summed E-state index contributed by atoms with van der Waals surface area (Å²) in [6.07, 6.45) is 7.42. The molecule has 2 heterocycles. The molecule has 2 aromatic rings. The topological polar surface area (TPSA) is 72.2 Å². The number of aryl methyl sites for hydroxylation is 2. The summed E-state index contributed by atoms with van der Waals surface area (Å²) in [6.45, 7) is 6.24. The molecule has 0 radical (unpaired) electrons. The largest absolute Gasteiger partial charge is 0.353 e. The fraction of sp³-hybridized carbons (Fsp3) is 0.647. The fourth-order valence-corrected chi connectivity index (χ4v) is 3.62. The Balaban J connectivity index is 1.62. The van der Waals surface area contributed by atoms with Crippen LogP contribution in [-0.4, -0.2) is 31.5 Å². The van der Waals surface area contributed by atoms with Gasteiger partial charge >= 0.3 is 0 Å². The third kappa shape index (κ3) is 3.51. The summed E-state index contributed by atoms with van der Waals surface area (Å²) < 4.78 is 1.74. The second kappa shape index (κ2) is 6.64. The van der Waals surface area contributed by atoms with Crippen molar-refractivity contribution in [2.75, 3.05) is 0 Å². The molecule has 1 saturated carbocycles. The van der Waals surface area contributed by atoms with Gasteiger partial charge in [0.25, 0.3) is 5.78 Å². The van der Waals surface area contributed by atoms with Crippen LogP contribution in [-0.2, 0) is 11.2 Å². The van der Waals surface area contributed by atoms with E-state index in [2.05, 4.69) is 27.3 Å². The van der Waals surface area contributed by atoms with E-state index < -0.39 is 0 Å². The molecule has 0 saturated heterocycles. The molecule has 124 valence electrons. The van der Waals surface area contributed by atoms with Gasteiger partial charge < -0.3 is 5.32 Å². The van der Waals surface area contributed by atoms with Crippen molar-refractivity contribution in [1.82, 2.24) is 24.9 Å². The van der Waals surface area contributed by atoms with E-state index in [9.17, 15) is 4.79 Å². The molecule has 1 aliphatic rings. The number of hydrogen-bond donors (Lipinski definition) is 1. The van der Waals surface area contributed by atoms with Crippen LogP contribution >= 0.6 is 0 Å². The van der Waals surface area contributed by atoms with Crippen LogP contribution in [0.2, 0.25) is 0 Å². The smallest absolute Gasteiger partial charge is 0.252 e. The Kier molecular flexibility index (Phi) is 4.59. The number of carbonyl (C=O) groups excluding carboxylic acids is 1. The normalized spacial score (nSPS) is 21.5. The number of aromatic nitrogens is 4. The molecule has 0 aliphatic heterocycles. The monoisotopic (exact) mass is 315 g/mol. The molecule has 1 fully saturated rings. The maximum Gasteiger partial charge on any atom is 0.252 e. The molecule has 2 atom stereocenters. The van der Waals surface area contributed by atoms with Crippen LogP contribution in [0.3, 0.4) is 0 Å². The standard InChI is InChI=1S/C17H25N5O/c1-11-5-4-6-14(9-11)21-16(23)8-7-15-12(2)20-17-18-10-19-22(17)13(15)3/h10-11,14H,4-9H2,1-3H3,(H,21,23). The van der Waals surface area contributed by atoms with Crippen molar-refractivity contribution in [3.05, 3.63) is 23.3 Å². The summed E-state index contributed by atoms with van der Waals surface area (Å²) in [5, 5.41) is 7.39. The summed E-state index contributed by atoms with van der Waals surface area (Å²) in [7, 11) is 0. The second-order valence-electron chi connectivity index (χ2n) is 6.77. The molecule has 6 nitrogen and oxygen atoms in total. The van der Waals surface area contributed by atoms with E-state index in [4.69, 9.17) is 0 Å². The number of rotatable bonds is 4. The third-order valence-electron chi connectivity index (χ3n) is 4.89. The van der Waals surface area contributed by atoms with Crippen molar-refractivity contribution in [2.24, 2.45) is 5.92 Å². The van der Waals surface area contributed by atoms with E-state index in [1.807, 2.05) is 13.8 Å². The van der Waals surface area contributed by atoms with E-state index in [0.29, 0.717) is 24.7 Å². The Morgan fingerprint density at radius 3 is 3.00 bits per heavy atom. The van der Waals surface area contributed by atoms with Crippen molar-refractivity contribution in [3.63, 3.8) is 0 Å². The van der Waals surface area contributed by atoms with Crippen LogP contribution in [0.25, 0.3) is 5.78 Å². The van der Waals surface area contributed by atoms with Crippen LogP contribution in [0.5, 0.6) is 0 Å². The van der Waals surface area contributed by atoms with Crippen LogP contribution < -0.4 is 5.32 Å². The van der Waals surface area contributed by atoms with Gasteiger partial charge in [-0.05, 0) is 44.6 Å². The molecule has 6 heteroatoms. The molecule has 1 amide bonds. The average molecular weight is 315 g/mol. The summed E-state index contributed by atoms with van der Waals surface area (Å²) in [5.41, 5.74) is 3.04. The van der Waals surface area contributed by atoms with Crippen molar-refractivity contribution in [2.45, 2.75) is 65.3 Å². The predicted molar refractivity (Wildman–Crippen MR) is 88.1 cm³/mol. The first kappa shape index (κ1) is 15.9. The number of hydrogen-bond acceptors (Lipinski definition) is 4. The average Bonchev–Trinajstić information content (AvgIpc) is 2.95. The number of amides is 1. The number of nitrogens with zero attached hydrogens (tertiary/aromatic N) is 4. The molecule has 0 aromatic carbocycles. The molecule has 2 aromatic heterocycles. The van der Waals surface area contributed by atoms with Crippen molar-refractivity contribution in [1.29, 1.82) is 0 Å². The Labute approximate surface area is 136 Å². The zero-order valence-corrected chi connectivity index (χ0v) is 14.2. The first-order valence-electron chi connectivity index (χ1n) is 8.49. The van der Waals surface area contributed by atoms with E-state index >= 15 is 0 Å². The lowest BCUT2D eigenvalue weighted by atomic mass is 9.87. The second-order valence-corrected chi connectivity index (χ2v) is 6.77. The molecule has 0 spiro atoms. The van der Waals surface area contributed by atoms with Crippen LogP contribution in [0.15, 0.2) is 6.33 Å². The van der Waals surface area contributed by atoms with E-state index in [1.165, 1.54) is 19.2 Å². The highest BCUT2D eigenvalue weighted by Crippen LogP contribution is 2.23. The first-order valence-corrected chi connectivity index (χ1v) is 8.49. The van der Waals surface area contributed by atoms with Crippen molar-refractivity contribution >= 4 is 11.7 Å². The fourth-order valence-electron chi connectivity index (χ4n) is 3.62. The number of carbonyl (C=O) groups is 1. The predicted octanol–water partition coefficient (Wildman–Crippen LogP) is 2.37. The minimum absolute atomic E-state index is 0.140. The summed E-state index contributed by atoms with van der Waals surface area (Å²) in [5.74, 6) is 1.48. The minimum Gasteiger partial charge on any atom is -0.353 e. The zero-order valence-electron chi connectivity index (χ0n) is 14.2. The zero-order chi connectivity index (χ0) is 16.4. The molecule has 3 rings (SSSR count). The number of fused-ring (bicyclic) bond motifs is 1. The highest BCUT2D eigenvalue weighted by Gasteiger charge is 2.20. The van der Waals surface area contributed by atoms with Gasteiger partial charge in [0.2, 0.25) is 5.91 Å². The molecule has 1 N–H and O–H groups in total. The first-order chi connectivity index (χ1) is 11.0. The summed E-state index contributed by atoms with van der Waals surface area (Å²) in [4.78, 5) is 20.8. The minimum atomic E-state index is 0.140. The lowest BCUT2D eigenvalue weighted by Crippen LogP contribution is -2.38. The van der Waals surface area contributed by atoms with Crippen LogP contribution in [0.4, 0.5) is 0 Å². The molecule has 1 aliphatic carbocycles. The highest BCUT2D eigenvalue weighted by molar-refractivity contribution is 5.76. The summed E-state index contributed by atoms with van der Waals surface area (Å²) in [6, 6.07) is 0.351. The van der Waals surface area contributed by atoms with Gasteiger partial charge in [-0.3, -0.25) is 4.79 Å². The Morgan fingerprint density at radius 1 is 1.39 bits per heavy atom. The van der Waals surface area contributed by atoms with E-state index in [1.54, 1.807) is 4.52 Å². The van der Waals surface area contributed by atoms with Crippen LogP contribution in [0.1, 0.15) is 56.0 Å². The van der Waals surface area contributed by atoms with Gasteiger partial charge in [0.05, 0.1) is 0 Å². The Hall–Kier alpha value is -1.98. The van der Waals surface area contributed by atoms with Gasteiger partial charge in [-0.25, -0.2) is 9.50 Å². The van der Waals surface area contributed by atoms with Gasteiger partial charge in [-0.15, -0.1) is 0 Å². The van der Waals surface area contributed by atoms with E-state index in [0.717, 1.165) is 35.7 Å². The third-order valence-corrected chi connectivity index (χ3v) is 4.89. The summed E-state index contributed by atoms with van der Waals surface area (Å²) >= 11 is 0. The lowest BCUT2D eigenvalue weighted by Gasteiger charge is -2.27. The molecular formula is C17H25N5O. The van der Waals surface area contributed by atoms with Gasteiger partial charge in [0.15, 0.2) is 0 Å². The maximum atomic E-state index is 12.3. The molecular weight excluding hydrogens is 290 g/mol. The van der Waals surface area contributed by atoms with Gasteiger partial charge in [-0.2, -0.15) is 10.1 Å². The Bertz CT molecular complexity index is 708. The van der Waals surface area contributed by atoms with Crippen molar-refractivity contribution < 1.29 is 4.79 Å². The van der Waals surface area contributed by atoms with Gasteiger partial charge in [-0.1, -0.05) is 19.8 Å².